The minimum absolute atomic E-state index is 0.136. The van der Waals surface area contributed by atoms with E-state index < -0.39 is 0 Å². The molecule has 3 N–H and O–H groups in total. The average molecular weight is 269 g/mol. The zero-order valence-corrected chi connectivity index (χ0v) is 10.8. The molecule has 1 aliphatic heterocycles. The van der Waals surface area contributed by atoms with Gasteiger partial charge in [0.15, 0.2) is 12.1 Å². The van der Waals surface area contributed by atoms with Gasteiger partial charge in [-0.05, 0) is 23.6 Å². The maximum absolute atomic E-state index is 5.86. The first-order valence-corrected chi connectivity index (χ1v) is 6.81. The molecule has 0 bridgehead atoms. The first kappa shape index (κ1) is 10.6. The molecule has 5 nitrogen and oxygen atoms in total. The van der Waals surface area contributed by atoms with Gasteiger partial charge < -0.3 is 5.73 Å². The van der Waals surface area contributed by atoms with E-state index in [1.54, 1.807) is 11.3 Å². The molecule has 0 spiro atoms. The molecule has 19 heavy (non-hydrogen) atoms. The van der Waals surface area contributed by atoms with Crippen molar-refractivity contribution in [2.75, 3.05) is 5.32 Å². The fraction of sp³-hybridized carbons (Fsp3) is 0.0769. The van der Waals surface area contributed by atoms with E-state index in [1.807, 2.05) is 35.7 Å². The normalized spacial score (nSPS) is 17.9. The molecule has 1 aromatic carbocycles. The van der Waals surface area contributed by atoms with Gasteiger partial charge in [-0.1, -0.05) is 18.2 Å². The van der Waals surface area contributed by atoms with Crippen LogP contribution in [0.15, 0.2) is 46.8 Å². The lowest BCUT2D eigenvalue weighted by Crippen LogP contribution is -2.31. The van der Waals surface area contributed by atoms with Crippen LogP contribution in [0.2, 0.25) is 0 Å². The van der Waals surface area contributed by atoms with E-state index in [9.17, 15) is 0 Å². The summed E-state index contributed by atoms with van der Waals surface area (Å²) in [5, 5.41) is 5.07. The first-order valence-electron chi connectivity index (χ1n) is 5.93. The molecular weight excluding hydrogens is 258 g/mol. The molecular formula is C13H11N5S. The number of hydrogen-bond acceptors (Lipinski definition) is 5. The highest BCUT2D eigenvalue weighted by atomic mass is 32.1. The molecule has 1 atom stereocenters. The van der Waals surface area contributed by atoms with Crippen LogP contribution < -0.4 is 11.1 Å². The quantitative estimate of drug-likeness (QED) is 0.712. The van der Waals surface area contributed by atoms with Crippen LogP contribution in [0.4, 0.5) is 5.95 Å². The van der Waals surface area contributed by atoms with Crippen LogP contribution in [0.5, 0.6) is 0 Å². The number of benzene rings is 1. The average Bonchev–Trinajstić information content (AvgIpc) is 3.04. The molecule has 0 fully saturated rings. The van der Waals surface area contributed by atoms with Gasteiger partial charge in [0, 0.05) is 4.88 Å². The Balaban J connectivity index is 2.00. The number of nitrogens with zero attached hydrogens (tertiary/aromatic N) is 3. The lowest BCUT2D eigenvalue weighted by Gasteiger charge is -2.22. The van der Waals surface area contributed by atoms with E-state index >= 15 is 0 Å². The maximum Gasteiger partial charge on any atom is 0.212 e. The summed E-state index contributed by atoms with van der Waals surface area (Å²) in [6.45, 7) is 0. The van der Waals surface area contributed by atoms with Crippen molar-refractivity contribution in [3.8, 4) is 0 Å². The summed E-state index contributed by atoms with van der Waals surface area (Å²) in [6.07, 6.45) is -0.136. The molecule has 0 radical (unpaired) electrons. The second-order valence-electron chi connectivity index (χ2n) is 4.32. The zero-order valence-electron chi connectivity index (χ0n) is 9.95. The molecule has 0 saturated heterocycles. The van der Waals surface area contributed by atoms with Crippen LogP contribution in [0.25, 0.3) is 11.0 Å². The van der Waals surface area contributed by atoms with Crippen molar-refractivity contribution < 1.29 is 0 Å². The highest BCUT2D eigenvalue weighted by Crippen LogP contribution is 2.33. The van der Waals surface area contributed by atoms with E-state index in [1.165, 1.54) is 0 Å². The summed E-state index contributed by atoms with van der Waals surface area (Å²) >= 11 is 1.67. The molecule has 6 heteroatoms. The van der Waals surface area contributed by atoms with Gasteiger partial charge in [0.05, 0.1) is 11.0 Å². The summed E-state index contributed by atoms with van der Waals surface area (Å²) in [5.74, 6) is 1.15. The standard InChI is InChI=1S/C13H11N5S/c14-12-16-11(10-6-3-7-19-10)18-9-5-2-1-4-8(9)15-13(18)17-12/h1-7,11H,(H3,14,15,16,17)/t11-/m1/s1. The van der Waals surface area contributed by atoms with Gasteiger partial charge in [0.2, 0.25) is 5.95 Å². The number of anilines is 1. The predicted octanol–water partition coefficient (Wildman–Crippen LogP) is 2.38. The highest BCUT2D eigenvalue weighted by Gasteiger charge is 2.25. The first-order chi connectivity index (χ1) is 9.33. The number of rotatable bonds is 1. The van der Waals surface area contributed by atoms with E-state index in [2.05, 4.69) is 25.9 Å². The Hall–Kier alpha value is -2.34. The van der Waals surface area contributed by atoms with Gasteiger partial charge in [-0.2, -0.15) is 0 Å². The van der Waals surface area contributed by atoms with Crippen molar-refractivity contribution in [1.82, 2.24) is 9.55 Å². The van der Waals surface area contributed by atoms with E-state index in [-0.39, 0.29) is 6.17 Å². The Bertz CT molecular complexity index is 772. The number of guanidine groups is 1. The lowest BCUT2D eigenvalue weighted by molar-refractivity contribution is 0.637. The molecule has 0 saturated carbocycles. The van der Waals surface area contributed by atoms with Crippen molar-refractivity contribution >= 4 is 34.3 Å². The van der Waals surface area contributed by atoms with E-state index in [0.29, 0.717) is 5.96 Å². The number of hydrogen-bond donors (Lipinski definition) is 2. The molecule has 0 unspecified atom stereocenters. The number of imidazole rings is 1. The third-order valence-corrected chi connectivity index (χ3v) is 4.05. The second-order valence-corrected chi connectivity index (χ2v) is 5.30. The summed E-state index contributed by atoms with van der Waals surface area (Å²) in [6, 6.07) is 12.1. The third kappa shape index (κ3) is 1.53. The van der Waals surface area contributed by atoms with Gasteiger partial charge in [0.1, 0.15) is 0 Å². The Morgan fingerprint density at radius 2 is 2.11 bits per heavy atom. The Kier molecular flexibility index (Phi) is 2.13. The van der Waals surface area contributed by atoms with E-state index in [4.69, 9.17) is 5.73 Å². The largest absolute Gasteiger partial charge is 0.370 e. The van der Waals surface area contributed by atoms with Gasteiger partial charge >= 0.3 is 0 Å². The van der Waals surface area contributed by atoms with Crippen molar-refractivity contribution in [3.05, 3.63) is 46.7 Å². The number of aromatic nitrogens is 2. The molecule has 1 aliphatic rings. The van der Waals surface area contributed by atoms with Crippen molar-refractivity contribution in [2.24, 2.45) is 10.7 Å². The number of nitrogens with one attached hydrogen (secondary N) is 1. The van der Waals surface area contributed by atoms with Crippen molar-refractivity contribution in [1.29, 1.82) is 0 Å². The monoisotopic (exact) mass is 269 g/mol. The molecule has 3 heterocycles. The van der Waals surface area contributed by atoms with E-state index in [0.717, 1.165) is 21.9 Å². The Labute approximate surface area is 113 Å². The minimum atomic E-state index is -0.136. The number of nitrogens with two attached hydrogens (primary N) is 1. The number of thiophene rings is 1. The van der Waals surface area contributed by atoms with Gasteiger partial charge in [-0.3, -0.25) is 9.88 Å². The third-order valence-electron chi connectivity index (χ3n) is 3.14. The maximum atomic E-state index is 5.86. The lowest BCUT2D eigenvalue weighted by atomic mass is 10.3. The van der Waals surface area contributed by atoms with Crippen LogP contribution >= 0.6 is 11.3 Å². The molecule has 3 aromatic rings. The summed E-state index contributed by atoms with van der Waals surface area (Å²) in [5.41, 5.74) is 7.85. The molecule has 0 amide bonds. The van der Waals surface area contributed by atoms with Crippen LogP contribution in [0, 0.1) is 0 Å². The molecule has 94 valence electrons. The van der Waals surface area contributed by atoms with Gasteiger partial charge in [0.25, 0.3) is 0 Å². The molecule has 0 aliphatic carbocycles. The minimum Gasteiger partial charge on any atom is -0.370 e. The highest BCUT2D eigenvalue weighted by molar-refractivity contribution is 7.10. The summed E-state index contributed by atoms with van der Waals surface area (Å²) < 4.78 is 2.08. The summed E-state index contributed by atoms with van der Waals surface area (Å²) in [7, 11) is 0. The van der Waals surface area contributed by atoms with Crippen LogP contribution in [-0.4, -0.2) is 15.5 Å². The smallest absolute Gasteiger partial charge is 0.212 e. The topological polar surface area (TPSA) is 68.2 Å². The zero-order chi connectivity index (χ0) is 12.8. The summed E-state index contributed by atoms with van der Waals surface area (Å²) in [4.78, 5) is 10.2. The Morgan fingerprint density at radius 1 is 1.21 bits per heavy atom. The fourth-order valence-corrected chi connectivity index (χ4v) is 3.10. The SMILES string of the molecule is NC1=N[C@@H](c2cccs2)n2c(nc3ccccc32)N1. The van der Waals surface area contributed by atoms with Crippen molar-refractivity contribution in [2.45, 2.75) is 6.17 Å². The predicted molar refractivity (Wildman–Crippen MR) is 77.4 cm³/mol. The van der Waals surface area contributed by atoms with Crippen molar-refractivity contribution in [3.63, 3.8) is 0 Å². The molecule has 2 aromatic heterocycles. The van der Waals surface area contributed by atoms with Crippen LogP contribution in [-0.2, 0) is 0 Å². The van der Waals surface area contributed by atoms with Gasteiger partial charge in [-0.15, -0.1) is 11.3 Å². The van der Waals surface area contributed by atoms with Gasteiger partial charge in [-0.25, -0.2) is 9.98 Å². The number of para-hydroxylation sites is 2. The number of aliphatic imine (C=N–C) groups is 1. The van der Waals surface area contributed by atoms with Crippen LogP contribution in [0.3, 0.4) is 0 Å². The Morgan fingerprint density at radius 3 is 2.95 bits per heavy atom. The van der Waals surface area contributed by atoms with Crippen LogP contribution in [0.1, 0.15) is 11.0 Å². The molecule has 4 rings (SSSR count). The fourth-order valence-electron chi connectivity index (χ4n) is 2.35. The number of fused-ring (bicyclic) bond motifs is 3. The second kappa shape index (κ2) is 3.83.